The molecule has 0 saturated heterocycles. The van der Waals surface area contributed by atoms with E-state index in [-0.39, 0.29) is 5.91 Å². The summed E-state index contributed by atoms with van der Waals surface area (Å²) in [7, 11) is 0. The first kappa shape index (κ1) is 28.1. The van der Waals surface area contributed by atoms with Gasteiger partial charge in [-0.25, -0.2) is 0 Å². The monoisotopic (exact) mass is 415 g/mol. The van der Waals surface area contributed by atoms with E-state index in [2.05, 4.69) is 56.5 Å². The van der Waals surface area contributed by atoms with Gasteiger partial charge in [0.05, 0.1) is 5.60 Å². The van der Waals surface area contributed by atoms with Crippen molar-refractivity contribution in [1.29, 1.82) is 0 Å². The number of carbonyl (C=O) groups is 1. The number of amides is 1. The molecule has 0 aliphatic heterocycles. The molecule has 1 amide bonds. The third kappa shape index (κ3) is 18.2. The average molecular weight is 416 g/mol. The van der Waals surface area contributed by atoms with Crippen LogP contribution < -0.4 is 5.32 Å². The van der Waals surface area contributed by atoms with E-state index in [1.54, 1.807) is 6.08 Å². The average Bonchev–Trinajstić information content (AvgIpc) is 2.75. The van der Waals surface area contributed by atoms with Gasteiger partial charge in [-0.05, 0) is 32.1 Å². The topological polar surface area (TPSA) is 49.3 Å². The molecule has 0 aliphatic carbocycles. The maximum absolute atomic E-state index is 12.0. The van der Waals surface area contributed by atoms with Gasteiger partial charge in [-0.15, -0.1) is 0 Å². The Morgan fingerprint density at radius 1 is 0.767 bits per heavy atom. The van der Waals surface area contributed by atoms with Crippen LogP contribution in [0, 0.1) is 0 Å². The summed E-state index contributed by atoms with van der Waals surface area (Å²) < 4.78 is 0. The van der Waals surface area contributed by atoms with E-state index in [4.69, 9.17) is 0 Å². The van der Waals surface area contributed by atoms with Crippen LogP contribution in [0.3, 0.4) is 0 Å². The van der Waals surface area contributed by atoms with Gasteiger partial charge >= 0.3 is 0 Å². The minimum absolute atomic E-state index is 0.155. The second-order valence-corrected chi connectivity index (χ2v) is 7.87. The highest BCUT2D eigenvalue weighted by atomic mass is 16.3. The third-order valence-electron chi connectivity index (χ3n) is 4.92. The smallest absolute Gasteiger partial charge is 0.244 e. The molecule has 0 rings (SSSR count). The molecular formula is C27H45NO2. The van der Waals surface area contributed by atoms with E-state index >= 15 is 0 Å². The number of nitrogens with one attached hydrogen (secondary N) is 1. The van der Waals surface area contributed by atoms with E-state index in [1.165, 1.54) is 18.9 Å². The van der Waals surface area contributed by atoms with Gasteiger partial charge in [0.25, 0.3) is 0 Å². The van der Waals surface area contributed by atoms with Crippen molar-refractivity contribution in [3.8, 4) is 0 Å². The van der Waals surface area contributed by atoms with Crippen LogP contribution in [-0.4, -0.2) is 23.2 Å². The molecule has 3 nitrogen and oxygen atoms in total. The molecule has 0 bridgehead atoms. The second-order valence-electron chi connectivity index (χ2n) is 7.87. The van der Waals surface area contributed by atoms with Crippen molar-refractivity contribution >= 4 is 5.91 Å². The standard InChI is InChI=1S/C27H45NO2/c1-4-7-10-12-13-14-15-16-17-18-19-20-22-26(29)28-25-27(30,23-9-6-3)24-21-11-8-5-2/h7,10,12-13,16-20,22,30H,4-6,8-9,11,14-15,21,23-25H2,1-3H3,(H,28,29). The Hall–Kier alpha value is -1.87. The van der Waals surface area contributed by atoms with Crippen LogP contribution in [0.25, 0.3) is 0 Å². The number of unbranched alkanes of at least 4 members (excludes halogenated alkanes) is 5. The van der Waals surface area contributed by atoms with Crippen molar-refractivity contribution in [3.63, 3.8) is 0 Å². The largest absolute Gasteiger partial charge is 0.388 e. The number of allylic oxidation sites excluding steroid dienone is 9. The molecule has 170 valence electrons. The summed E-state index contributed by atoms with van der Waals surface area (Å²) >= 11 is 0. The summed E-state index contributed by atoms with van der Waals surface area (Å²) in [6.45, 7) is 6.76. The molecule has 2 N–H and O–H groups in total. The molecule has 1 unspecified atom stereocenters. The number of rotatable bonds is 18. The first-order valence-electron chi connectivity index (χ1n) is 11.9. The third-order valence-corrected chi connectivity index (χ3v) is 4.92. The Bertz CT molecular complexity index is 557. The van der Waals surface area contributed by atoms with Crippen LogP contribution in [0.2, 0.25) is 0 Å². The van der Waals surface area contributed by atoms with E-state index in [0.29, 0.717) is 6.54 Å². The van der Waals surface area contributed by atoms with Crippen molar-refractivity contribution in [3.05, 3.63) is 60.8 Å². The van der Waals surface area contributed by atoms with Crippen molar-refractivity contribution in [1.82, 2.24) is 5.32 Å². The minimum atomic E-state index is -0.785. The molecule has 30 heavy (non-hydrogen) atoms. The predicted molar refractivity (Wildman–Crippen MR) is 131 cm³/mol. The van der Waals surface area contributed by atoms with Crippen molar-refractivity contribution in [2.24, 2.45) is 0 Å². The van der Waals surface area contributed by atoms with Gasteiger partial charge in [-0.1, -0.05) is 114 Å². The number of hydrogen-bond acceptors (Lipinski definition) is 2. The first-order valence-corrected chi connectivity index (χ1v) is 11.9. The highest BCUT2D eigenvalue weighted by molar-refractivity contribution is 5.87. The lowest BCUT2D eigenvalue weighted by molar-refractivity contribution is -0.118. The van der Waals surface area contributed by atoms with E-state index < -0.39 is 5.60 Å². The lowest BCUT2D eigenvalue weighted by Gasteiger charge is -2.28. The molecule has 0 aliphatic rings. The summed E-state index contributed by atoms with van der Waals surface area (Å²) in [5.74, 6) is -0.155. The van der Waals surface area contributed by atoms with Gasteiger partial charge in [0, 0.05) is 12.6 Å². The zero-order chi connectivity index (χ0) is 22.3. The molecule has 1 atom stereocenters. The first-order chi connectivity index (χ1) is 14.6. The van der Waals surface area contributed by atoms with Crippen LogP contribution >= 0.6 is 0 Å². The molecule has 0 fully saturated rings. The number of aliphatic hydroxyl groups is 1. The zero-order valence-electron chi connectivity index (χ0n) is 19.6. The zero-order valence-corrected chi connectivity index (χ0v) is 19.6. The van der Waals surface area contributed by atoms with Crippen LogP contribution in [0.4, 0.5) is 0 Å². The van der Waals surface area contributed by atoms with Crippen molar-refractivity contribution in [2.75, 3.05) is 6.54 Å². The summed E-state index contributed by atoms with van der Waals surface area (Å²) in [4.78, 5) is 12.0. The van der Waals surface area contributed by atoms with E-state index in [1.807, 2.05) is 18.2 Å². The fraction of sp³-hybridized carbons (Fsp3) is 0.593. The molecule has 0 spiro atoms. The quantitative estimate of drug-likeness (QED) is 0.144. The molecule has 0 aromatic rings. The molecule has 0 saturated carbocycles. The minimum Gasteiger partial charge on any atom is -0.388 e. The lowest BCUT2D eigenvalue weighted by Crippen LogP contribution is -2.42. The highest BCUT2D eigenvalue weighted by Gasteiger charge is 2.25. The van der Waals surface area contributed by atoms with E-state index in [9.17, 15) is 9.90 Å². The molecule has 0 heterocycles. The maximum atomic E-state index is 12.0. The van der Waals surface area contributed by atoms with Crippen LogP contribution in [0.1, 0.15) is 91.4 Å². The summed E-state index contributed by atoms with van der Waals surface area (Å²) in [5, 5.41) is 13.8. The lowest BCUT2D eigenvalue weighted by atomic mass is 9.90. The van der Waals surface area contributed by atoms with Gasteiger partial charge in [0.2, 0.25) is 5.91 Å². The molecule has 3 heteroatoms. The Labute approximate surface area is 185 Å². The Morgan fingerprint density at radius 2 is 1.37 bits per heavy atom. The normalized spacial score (nSPS) is 14.7. The summed E-state index contributed by atoms with van der Waals surface area (Å²) in [6, 6.07) is 0. The van der Waals surface area contributed by atoms with Crippen LogP contribution in [0.5, 0.6) is 0 Å². The van der Waals surface area contributed by atoms with Gasteiger partial charge in [-0.3, -0.25) is 4.79 Å². The Morgan fingerprint density at radius 3 is 2.03 bits per heavy atom. The number of hydrogen-bond donors (Lipinski definition) is 2. The van der Waals surface area contributed by atoms with Crippen molar-refractivity contribution < 1.29 is 9.90 Å². The van der Waals surface area contributed by atoms with Crippen molar-refractivity contribution in [2.45, 2.75) is 97.0 Å². The Balaban J connectivity index is 4.20. The fourth-order valence-corrected chi connectivity index (χ4v) is 3.03. The van der Waals surface area contributed by atoms with Gasteiger partial charge in [-0.2, -0.15) is 0 Å². The molecule has 0 aromatic heterocycles. The van der Waals surface area contributed by atoms with Gasteiger partial charge < -0.3 is 10.4 Å². The summed E-state index contributed by atoms with van der Waals surface area (Å²) in [5.41, 5.74) is -0.785. The maximum Gasteiger partial charge on any atom is 0.244 e. The molecule has 0 aromatic carbocycles. The van der Waals surface area contributed by atoms with Crippen LogP contribution in [-0.2, 0) is 4.79 Å². The van der Waals surface area contributed by atoms with Crippen LogP contribution in [0.15, 0.2) is 60.8 Å². The second kappa shape index (κ2) is 20.4. The highest BCUT2D eigenvalue weighted by Crippen LogP contribution is 2.21. The number of carbonyl (C=O) groups excluding carboxylic acids is 1. The molecule has 0 radical (unpaired) electrons. The Kier molecular flexibility index (Phi) is 19.1. The van der Waals surface area contributed by atoms with Gasteiger partial charge in [0.15, 0.2) is 0 Å². The molecular weight excluding hydrogens is 370 g/mol. The summed E-state index contributed by atoms with van der Waals surface area (Å²) in [6.07, 6.45) is 30.8. The van der Waals surface area contributed by atoms with E-state index in [0.717, 1.165) is 57.8 Å². The fourth-order valence-electron chi connectivity index (χ4n) is 3.03. The predicted octanol–water partition coefficient (Wildman–Crippen LogP) is 6.97. The van der Waals surface area contributed by atoms with Gasteiger partial charge in [0.1, 0.15) is 0 Å². The SMILES string of the molecule is CCC=CC=CCCC=CC=CC=CC(=O)NCC(O)(CCCC)CCCCCC.